The van der Waals surface area contributed by atoms with Crippen LogP contribution in [0.2, 0.25) is 0 Å². The number of piperidine rings is 1. The highest BCUT2D eigenvalue weighted by atomic mass is 32.2. The molecule has 8 heteroatoms. The summed E-state index contributed by atoms with van der Waals surface area (Å²) in [6.45, 7) is 5.69. The van der Waals surface area contributed by atoms with Crippen LogP contribution < -0.4 is 15.5 Å². The lowest BCUT2D eigenvalue weighted by Gasteiger charge is -2.41. The molecule has 35 heavy (non-hydrogen) atoms. The third kappa shape index (κ3) is 4.75. The van der Waals surface area contributed by atoms with Gasteiger partial charge in [-0.05, 0) is 43.1 Å². The van der Waals surface area contributed by atoms with E-state index in [1.165, 1.54) is 21.8 Å². The molecule has 0 saturated carbocycles. The molecule has 2 unspecified atom stereocenters. The Morgan fingerprint density at radius 3 is 2.57 bits per heavy atom. The number of aryl methyl sites for hydroxylation is 1. The van der Waals surface area contributed by atoms with Crippen LogP contribution in [-0.2, 0) is 13.0 Å². The topological polar surface area (TPSA) is 74.4 Å². The molecule has 2 atom stereocenters. The second-order valence-electron chi connectivity index (χ2n) is 9.68. The Balaban J connectivity index is 1.28. The number of benzene rings is 1. The Bertz CT molecular complexity index is 1140. The molecule has 0 bridgehead atoms. The lowest BCUT2D eigenvalue weighted by molar-refractivity contribution is 0.115. The Morgan fingerprint density at radius 2 is 1.77 bits per heavy atom. The second kappa shape index (κ2) is 10.1. The summed E-state index contributed by atoms with van der Waals surface area (Å²) in [6.07, 6.45) is 6.96. The van der Waals surface area contributed by atoms with Crippen LogP contribution in [0.15, 0.2) is 59.8 Å². The van der Waals surface area contributed by atoms with Gasteiger partial charge in [0.25, 0.3) is 0 Å². The summed E-state index contributed by atoms with van der Waals surface area (Å²) in [7, 11) is 0. The molecule has 2 fully saturated rings. The molecule has 0 amide bonds. The number of rotatable bonds is 5. The van der Waals surface area contributed by atoms with Crippen LogP contribution in [0.25, 0.3) is 0 Å². The van der Waals surface area contributed by atoms with Gasteiger partial charge in [-0.15, -0.1) is 11.8 Å². The van der Waals surface area contributed by atoms with Crippen LogP contribution in [0.4, 0.5) is 11.6 Å². The number of likely N-dealkylation sites (tertiary alicyclic amines) is 1. The van der Waals surface area contributed by atoms with E-state index in [1.807, 2.05) is 30.2 Å². The average molecular weight is 488 g/mol. The first-order chi connectivity index (χ1) is 17.3. The first kappa shape index (κ1) is 22.8. The molecule has 2 saturated heterocycles. The molecule has 3 aliphatic heterocycles. The number of nitrogens with zero attached hydrogens (tertiary/aromatic N) is 6. The molecule has 0 aliphatic carbocycles. The number of pyridine rings is 1. The predicted molar refractivity (Wildman–Crippen MR) is 142 cm³/mol. The predicted octanol–water partition coefficient (Wildman–Crippen LogP) is 3.51. The molecular weight excluding hydrogens is 454 g/mol. The van der Waals surface area contributed by atoms with Gasteiger partial charge in [0.1, 0.15) is 0 Å². The number of anilines is 2. The van der Waals surface area contributed by atoms with Crippen molar-refractivity contribution in [2.24, 2.45) is 5.73 Å². The number of piperazine rings is 1. The molecular formula is C27H33N7S. The van der Waals surface area contributed by atoms with Gasteiger partial charge < -0.3 is 15.5 Å². The van der Waals surface area contributed by atoms with Gasteiger partial charge >= 0.3 is 0 Å². The minimum Gasteiger partial charge on any atom is -0.368 e. The Morgan fingerprint density at radius 1 is 0.943 bits per heavy atom. The Hall–Kier alpha value is -2.68. The van der Waals surface area contributed by atoms with E-state index in [1.54, 1.807) is 0 Å². The number of hydrogen-bond acceptors (Lipinski definition) is 8. The van der Waals surface area contributed by atoms with Gasteiger partial charge in [0.2, 0.25) is 5.95 Å². The van der Waals surface area contributed by atoms with Crippen molar-refractivity contribution in [1.82, 2.24) is 19.9 Å². The summed E-state index contributed by atoms with van der Waals surface area (Å²) in [5, 5.41) is 0. The average Bonchev–Trinajstić information content (AvgIpc) is 3.39. The largest absolute Gasteiger partial charge is 0.368 e. The van der Waals surface area contributed by atoms with E-state index in [0.29, 0.717) is 0 Å². The summed E-state index contributed by atoms with van der Waals surface area (Å²) in [5.74, 6) is 1.96. The minimum atomic E-state index is 0.0726. The lowest BCUT2D eigenvalue weighted by Crippen LogP contribution is -2.48. The molecule has 1 aromatic carbocycles. The van der Waals surface area contributed by atoms with E-state index in [0.717, 1.165) is 75.9 Å². The first-order valence-corrected chi connectivity index (χ1v) is 13.7. The zero-order chi connectivity index (χ0) is 23.6. The summed E-state index contributed by atoms with van der Waals surface area (Å²) in [6, 6.07) is 15.0. The summed E-state index contributed by atoms with van der Waals surface area (Å²) in [4.78, 5) is 23.3. The number of fused-ring (bicyclic) bond motifs is 1. The van der Waals surface area contributed by atoms with Gasteiger partial charge in [-0.1, -0.05) is 24.3 Å². The Labute approximate surface area is 211 Å². The van der Waals surface area contributed by atoms with Gasteiger partial charge in [0.15, 0.2) is 0 Å². The monoisotopic (exact) mass is 487 g/mol. The normalized spacial score (nSPS) is 22.9. The number of aromatic nitrogens is 3. The van der Waals surface area contributed by atoms with E-state index in [-0.39, 0.29) is 12.1 Å². The van der Waals surface area contributed by atoms with Gasteiger partial charge in [-0.25, -0.2) is 9.97 Å². The van der Waals surface area contributed by atoms with Crippen LogP contribution in [0.3, 0.4) is 0 Å². The zero-order valence-electron chi connectivity index (χ0n) is 20.1. The highest BCUT2D eigenvalue weighted by Crippen LogP contribution is 2.41. The molecule has 0 spiro atoms. The molecule has 2 aromatic heterocycles. The summed E-state index contributed by atoms with van der Waals surface area (Å²) in [5.41, 5.74) is 11.7. The maximum atomic E-state index is 6.81. The van der Waals surface area contributed by atoms with Crippen molar-refractivity contribution in [3.63, 3.8) is 0 Å². The van der Waals surface area contributed by atoms with Crippen molar-refractivity contribution in [3.8, 4) is 0 Å². The van der Waals surface area contributed by atoms with Gasteiger partial charge in [0.05, 0.1) is 22.3 Å². The molecule has 0 radical (unpaired) electrons. The fourth-order valence-electron chi connectivity index (χ4n) is 5.60. The molecule has 6 rings (SSSR count). The van der Waals surface area contributed by atoms with Crippen LogP contribution in [0.5, 0.6) is 0 Å². The standard InChI is InChI=1S/C27H33N7S/c28-22-9-5-12-34(19-20-6-4-11-29-18-20)25(22)24-26-23(10-17-35-26)30-27(31-24)33-15-13-32(14-16-33)21-7-2-1-3-8-21/h1-4,6-8,11,18,22,25H,5,9-10,12-17,19,28H2. The maximum Gasteiger partial charge on any atom is 0.226 e. The van der Waals surface area contributed by atoms with Crippen molar-refractivity contribution in [2.75, 3.05) is 48.3 Å². The molecule has 2 N–H and O–H groups in total. The first-order valence-electron chi connectivity index (χ1n) is 12.7. The van der Waals surface area contributed by atoms with Crippen LogP contribution in [0, 0.1) is 0 Å². The van der Waals surface area contributed by atoms with Crippen molar-refractivity contribution in [1.29, 1.82) is 0 Å². The third-order valence-corrected chi connectivity index (χ3v) is 8.53. The van der Waals surface area contributed by atoms with Gasteiger partial charge in [-0.2, -0.15) is 0 Å². The molecule has 3 aliphatic rings. The van der Waals surface area contributed by atoms with Crippen LogP contribution in [-0.4, -0.2) is 64.4 Å². The molecule has 5 heterocycles. The fourth-order valence-corrected chi connectivity index (χ4v) is 6.73. The van der Waals surface area contributed by atoms with E-state index in [2.05, 4.69) is 56.1 Å². The minimum absolute atomic E-state index is 0.0726. The quantitative estimate of drug-likeness (QED) is 0.586. The maximum absolute atomic E-state index is 6.81. The lowest BCUT2D eigenvalue weighted by atomic mass is 9.93. The highest BCUT2D eigenvalue weighted by molar-refractivity contribution is 7.99. The smallest absolute Gasteiger partial charge is 0.226 e. The van der Waals surface area contributed by atoms with Crippen molar-refractivity contribution in [2.45, 2.75) is 42.8 Å². The molecule has 182 valence electrons. The van der Waals surface area contributed by atoms with E-state index < -0.39 is 0 Å². The Kier molecular flexibility index (Phi) is 6.59. The fraction of sp³-hybridized carbons (Fsp3) is 0.444. The van der Waals surface area contributed by atoms with Crippen LogP contribution >= 0.6 is 11.8 Å². The van der Waals surface area contributed by atoms with Gasteiger partial charge in [-0.3, -0.25) is 9.88 Å². The van der Waals surface area contributed by atoms with Crippen molar-refractivity contribution >= 4 is 23.4 Å². The number of nitrogens with two attached hydrogens (primary N) is 1. The van der Waals surface area contributed by atoms with Crippen molar-refractivity contribution in [3.05, 3.63) is 71.8 Å². The van der Waals surface area contributed by atoms with Crippen molar-refractivity contribution < 1.29 is 0 Å². The second-order valence-corrected chi connectivity index (χ2v) is 10.8. The highest BCUT2D eigenvalue weighted by Gasteiger charge is 2.36. The zero-order valence-corrected chi connectivity index (χ0v) is 20.9. The third-order valence-electron chi connectivity index (χ3n) is 7.39. The number of para-hydroxylation sites is 1. The number of hydrogen-bond donors (Lipinski definition) is 1. The summed E-state index contributed by atoms with van der Waals surface area (Å²) >= 11 is 1.91. The van der Waals surface area contributed by atoms with Crippen LogP contribution in [0.1, 0.15) is 35.8 Å². The summed E-state index contributed by atoms with van der Waals surface area (Å²) < 4.78 is 0. The van der Waals surface area contributed by atoms with E-state index in [9.17, 15) is 0 Å². The van der Waals surface area contributed by atoms with E-state index >= 15 is 0 Å². The van der Waals surface area contributed by atoms with E-state index in [4.69, 9.17) is 15.7 Å². The van der Waals surface area contributed by atoms with Gasteiger partial charge in [0, 0.05) is 69.0 Å². The SMILES string of the molecule is NC1CCCN(Cc2cccnc2)C1c1nc(N2CCN(c3ccccc3)CC2)nc2c1SCC2. The molecule has 3 aromatic rings. The number of thioether (sulfide) groups is 1. The molecule has 7 nitrogen and oxygen atoms in total.